The summed E-state index contributed by atoms with van der Waals surface area (Å²) in [7, 11) is 0. The third-order valence-electron chi connectivity index (χ3n) is 1.94. The quantitative estimate of drug-likeness (QED) is 0.634. The molecule has 1 unspecified atom stereocenters. The summed E-state index contributed by atoms with van der Waals surface area (Å²) >= 11 is 0. The fraction of sp³-hybridized carbons (Fsp3) is 0.778. The first-order chi connectivity index (χ1) is 6.99. The molecular formula is C9H14O6. The molecule has 0 aromatic rings. The third-order valence-corrected chi connectivity index (χ3v) is 1.94. The maximum Gasteiger partial charge on any atom is 0.303 e. The van der Waals surface area contributed by atoms with Crippen molar-refractivity contribution in [2.45, 2.75) is 38.8 Å². The van der Waals surface area contributed by atoms with Crippen LogP contribution in [-0.2, 0) is 23.8 Å². The highest BCUT2D eigenvalue weighted by Gasteiger charge is 2.34. The van der Waals surface area contributed by atoms with E-state index in [-0.39, 0.29) is 13.0 Å². The standard InChI is InChI=1S/C9H14O6/c1-5(10)14-7-3-9(12)13-4-8(7)15-6(2)11/h7-9,12H,3-4H2,1-2H3/t7-,8-,9?/m0/s1. The van der Waals surface area contributed by atoms with E-state index in [1.54, 1.807) is 0 Å². The minimum Gasteiger partial charge on any atom is -0.458 e. The number of ether oxygens (including phenoxy) is 3. The first-order valence-corrected chi connectivity index (χ1v) is 4.63. The van der Waals surface area contributed by atoms with E-state index in [4.69, 9.17) is 14.2 Å². The molecule has 6 nitrogen and oxygen atoms in total. The number of carbonyl (C=O) groups is 2. The van der Waals surface area contributed by atoms with Gasteiger partial charge in [0, 0.05) is 20.3 Å². The molecule has 0 radical (unpaired) electrons. The van der Waals surface area contributed by atoms with Gasteiger partial charge in [0.2, 0.25) is 0 Å². The van der Waals surface area contributed by atoms with E-state index >= 15 is 0 Å². The Bertz CT molecular complexity index is 251. The Labute approximate surface area is 87.1 Å². The number of aliphatic hydroxyl groups excluding tert-OH is 1. The number of aliphatic hydroxyl groups is 1. The van der Waals surface area contributed by atoms with Gasteiger partial charge in [-0.05, 0) is 0 Å². The largest absolute Gasteiger partial charge is 0.458 e. The SMILES string of the molecule is CC(=O)O[C@H]1COC(O)C[C@@H]1OC(C)=O. The predicted molar refractivity (Wildman–Crippen MR) is 47.7 cm³/mol. The summed E-state index contributed by atoms with van der Waals surface area (Å²) < 4.78 is 14.7. The highest BCUT2D eigenvalue weighted by Crippen LogP contribution is 2.19. The first kappa shape index (κ1) is 11.9. The van der Waals surface area contributed by atoms with Crippen LogP contribution in [0.2, 0.25) is 0 Å². The van der Waals surface area contributed by atoms with Gasteiger partial charge in [-0.2, -0.15) is 0 Å². The molecule has 3 atom stereocenters. The number of carbonyl (C=O) groups excluding carboxylic acids is 2. The Hall–Kier alpha value is -1.14. The molecule has 1 heterocycles. The number of hydrogen-bond acceptors (Lipinski definition) is 6. The highest BCUT2D eigenvalue weighted by atomic mass is 16.6. The molecule has 15 heavy (non-hydrogen) atoms. The lowest BCUT2D eigenvalue weighted by Crippen LogP contribution is -2.45. The van der Waals surface area contributed by atoms with Gasteiger partial charge in [-0.3, -0.25) is 9.59 Å². The number of hydrogen-bond donors (Lipinski definition) is 1. The van der Waals surface area contributed by atoms with Crippen molar-refractivity contribution in [1.82, 2.24) is 0 Å². The average molecular weight is 218 g/mol. The van der Waals surface area contributed by atoms with E-state index < -0.39 is 30.4 Å². The molecule has 0 saturated carbocycles. The lowest BCUT2D eigenvalue weighted by atomic mass is 10.1. The van der Waals surface area contributed by atoms with Gasteiger partial charge in [0.1, 0.15) is 6.10 Å². The Balaban J connectivity index is 2.57. The summed E-state index contributed by atoms with van der Waals surface area (Å²) in [6, 6.07) is 0. The molecule has 1 fully saturated rings. The second kappa shape index (κ2) is 5.09. The van der Waals surface area contributed by atoms with Crippen LogP contribution in [0.25, 0.3) is 0 Å². The molecule has 86 valence electrons. The van der Waals surface area contributed by atoms with Crippen molar-refractivity contribution in [2.24, 2.45) is 0 Å². The second-order valence-electron chi connectivity index (χ2n) is 3.32. The van der Waals surface area contributed by atoms with E-state index in [2.05, 4.69) is 0 Å². The lowest BCUT2D eigenvalue weighted by molar-refractivity contribution is -0.216. The van der Waals surface area contributed by atoms with Crippen molar-refractivity contribution >= 4 is 11.9 Å². The summed E-state index contributed by atoms with van der Waals surface area (Å²) in [5.74, 6) is -0.955. The van der Waals surface area contributed by atoms with E-state index in [1.165, 1.54) is 13.8 Å². The van der Waals surface area contributed by atoms with E-state index in [1.807, 2.05) is 0 Å². The van der Waals surface area contributed by atoms with Crippen molar-refractivity contribution in [3.63, 3.8) is 0 Å². The van der Waals surface area contributed by atoms with E-state index in [0.29, 0.717) is 0 Å². The van der Waals surface area contributed by atoms with Gasteiger partial charge in [0.25, 0.3) is 0 Å². The fourth-order valence-corrected chi connectivity index (χ4v) is 1.39. The topological polar surface area (TPSA) is 82.1 Å². The third kappa shape index (κ3) is 3.85. The molecule has 0 aromatic carbocycles. The van der Waals surface area contributed by atoms with Crippen LogP contribution in [0, 0.1) is 0 Å². The molecule has 0 aromatic heterocycles. The van der Waals surface area contributed by atoms with Gasteiger partial charge < -0.3 is 19.3 Å². The summed E-state index contributed by atoms with van der Waals surface area (Å²) in [6.45, 7) is 2.54. The molecule has 0 bridgehead atoms. The Morgan fingerprint density at radius 2 is 1.73 bits per heavy atom. The van der Waals surface area contributed by atoms with Gasteiger partial charge in [0.15, 0.2) is 12.4 Å². The molecule has 1 aliphatic heterocycles. The molecule has 0 aliphatic carbocycles. The van der Waals surface area contributed by atoms with Crippen LogP contribution in [0.1, 0.15) is 20.3 Å². The normalized spacial score (nSPS) is 30.7. The zero-order chi connectivity index (χ0) is 11.4. The average Bonchev–Trinajstić information content (AvgIpc) is 2.08. The molecule has 6 heteroatoms. The van der Waals surface area contributed by atoms with Gasteiger partial charge in [-0.25, -0.2) is 0 Å². The van der Waals surface area contributed by atoms with Gasteiger partial charge in [0.05, 0.1) is 6.61 Å². The zero-order valence-electron chi connectivity index (χ0n) is 8.63. The maximum atomic E-state index is 10.8. The monoisotopic (exact) mass is 218 g/mol. The summed E-state index contributed by atoms with van der Waals surface area (Å²) in [5, 5.41) is 9.19. The Morgan fingerprint density at radius 3 is 2.27 bits per heavy atom. The molecule has 1 N–H and O–H groups in total. The minimum atomic E-state index is -0.985. The summed E-state index contributed by atoms with van der Waals surface area (Å²) in [4.78, 5) is 21.5. The van der Waals surface area contributed by atoms with Crippen molar-refractivity contribution < 1.29 is 28.9 Å². The van der Waals surface area contributed by atoms with Crippen molar-refractivity contribution in [2.75, 3.05) is 6.61 Å². The fourth-order valence-electron chi connectivity index (χ4n) is 1.39. The number of rotatable bonds is 2. The van der Waals surface area contributed by atoms with Crippen LogP contribution in [0.3, 0.4) is 0 Å². The van der Waals surface area contributed by atoms with Crippen LogP contribution in [0.4, 0.5) is 0 Å². The lowest BCUT2D eigenvalue weighted by Gasteiger charge is -2.32. The molecule has 0 spiro atoms. The molecule has 1 rings (SSSR count). The van der Waals surface area contributed by atoms with Crippen LogP contribution in [0.5, 0.6) is 0 Å². The van der Waals surface area contributed by atoms with Gasteiger partial charge in [-0.15, -0.1) is 0 Å². The van der Waals surface area contributed by atoms with Crippen molar-refractivity contribution in [3.8, 4) is 0 Å². The smallest absolute Gasteiger partial charge is 0.303 e. The van der Waals surface area contributed by atoms with Crippen LogP contribution >= 0.6 is 0 Å². The maximum absolute atomic E-state index is 10.8. The molecule has 0 amide bonds. The van der Waals surface area contributed by atoms with Gasteiger partial charge in [-0.1, -0.05) is 0 Å². The predicted octanol–water partition coefficient (Wildman–Crippen LogP) is -0.412. The van der Waals surface area contributed by atoms with E-state index in [9.17, 15) is 14.7 Å². The molecule has 1 aliphatic rings. The van der Waals surface area contributed by atoms with Crippen LogP contribution in [-0.4, -0.2) is 42.1 Å². The Kier molecular flexibility index (Phi) is 4.05. The molecular weight excluding hydrogens is 204 g/mol. The first-order valence-electron chi connectivity index (χ1n) is 4.63. The van der Waals surface area contributed by atoms with Crippen LogP contribution in [0.15, 0.2) is 0 Å². The van der Waals surface area contributed by atoms with Gasteiger partial charge >= 0.3 is 11.9 Å². The number of esters is 2. The van der Waals surface area contributed by atoms with Crippen molar-refractivity contribution in [1.29, 1.82) is 0 Å². The zero-order valence-corrected chi connectivity index (χ0v) is 8.63. The minimum absolute atomic E-state index is 0.0265. The van der Waals surface area contributed by atoms with Crippen LogP contribution < -0.4 is 0 Å². The summed E-state index contributed by atoms with van der Waals surface area (Å²) in [5.41, 5.74) is 0. The molecule has 1 saturated heterocycles. The highest BCUT2D eigenvalue weighted by molar-refractivity contribution is 5.67. The second-order valence-corrected chi connectivity index (χ2v) is 3.32. The summed E-state index contributed by atoms with van der Waals surface area (Å²) in [6.07, 6.45) is -2.16. The Morgan fingerprint density at radius 1 is 1.20 bits per heavy atom. The van der Waals surface area contributed by atoms with Crippen molar-refractivity contribution in [3.05, 3.63) is 0 Å². The van der Waals surface area contributed by atoms with E-state index in [0.717, 1.165) is 0 Å².